The molecule has 0 aromatic heterocycles. The molecule has 0 amide bonds. The molecule has 2 bridgehead atoms. The molecule has 4 atom stereocenters. The quantitative estimate of drug-likeness (QED) is 0.383. The molecule has 0 aromatic rings. The second kappa shape index (κ2) is 5.66. The summed E-state index contributed by atoms with van der Waals surface area (Å²) in [5.41, 5.74) is 0.988. The van der Waals surface area contributed by atoms with Crippen LogP contribution < -0.4 is 0 Å². The second-order valence-corrected chi connectivity index (χ2v) is 6.30. The molecule has 6 nitrogen and oxygen atoms in total. The largest absolute Gasteiger partial charge is 0.393 e. The van der Waals surface area contributed by atoms with Crippen LogP contribution in [0.3, 0.4) is 0 Å². The van der Waals surface area contributed by atoms with Crippen LogP contribution in [0.25, 0.3) is 0 Å². The molecule has 0 radical (unpaired) electrons. The van der Waals surface area contributed by atoms with Crippen LogP contribution in [0, 0.1) is 23.7 Å². The summed E-state index contributed by atoms with van der Waals surface area (Å²) < 4.78 is 9.06. The van der Waals surface area contributed by atoms with Crippen molar-refractivity contribution >= 4 is 23.9 Å². The van der Waals surface area contributed by atoms with Crippen LogP contribution in [0.1, 0.15) is 39.0 Å². The molecule has 6 heteroatoms. The van der Waals surface area contributed by atoms with Crippen molar-refractivity contribution in [2.24, 2.45) is 23.7 Å². The zero-order valence-electron chi connectivity index (χ0n) is 12.4. The van der Waals surface area contributed by atoms with Gasteiger partial charge in [-0.25, -0.2) is 0 Å². The second-order valence-electron chi connectivity index (χ2n) is 6.30. The summed E-state index contributed by atoms with van der Waals surface area (Å²) in [6.07, 6.45) is 6.07. The number of fused-ring (bicyclic) bond motifs is 3. The van der Waals surface area contributed by atoms with Crippen LogP contribution in [0.5, 0.6) is 0 Å². The third-order valence-electron chi connectivity index (χ3n) is 4.90. The lowest BCUT2D eigenvalue weighted by Gasteiger charge is -2.18. The van der Waals surface area contributed by atoms with Crippen LogP contribution in [-0.2, 0) is 28.7 Å². The highest BCUT2D eigenvalue weighted by molar-refractivity contribution is 5.98. The van der Waals surface area contributed by atoms with Gasteiger partial charge in [-0.2, -0.15) is 0 Å². The predicted molar refractivity (Wildman–Crippen MR) is 73.0 cm³/mol. The zero-order chi connectivity index (χ0) is 15.9. The maximum absolute atomic E-state index is 11.1. The van der Waals surface area contributed by atoms with E-state index in [0.717, 1.165) is 37.7 Å². The molecule has 2 saturated heterocycles. The minimum atomic E-state index is -0.363. The standard InChI is InChI=1S/C9H10O3.C7H8O3/c1-5-3-2-4-6-7(5)9(11)12-8(6)10;8-6-4-1-2-5(3-4)7(9)10-6/h3,6-7H,2,4H2,1H3;4-5H,1-3H2. The number of hydrogen-bond acceptors (Lipinski definition) is 6. The van der Waals surface area contributed by atoms with Crippen molar-refractivity contribution in [3.63, 3.8) is 0 Å². The van der Waals surface area contributed by atoms with Crippen molar-refractivity contribution in [1.29, 1.82) is 0 Å². The molecule has 0 N–H and O–H groups in total. The van der Waals surface area contributed by atoms with Crippen molar-refractivity contribution < 1.29 is 28.7 Å². The minimum Gasteiger partial charge on any atom is -0.393 e. The maximum Gasteiger partial charge on any atom is 0.321 e. The number of carbonyl (C=O) groups is 4. The fourth-order valence-corrected chi connectivity index (χ4v) is 3.62. The van der Waals surface area contributed by atoms with E-state index in [9.17, 15) is 19.2 Å². The van der Waals surface area contributed by atoms with Gasteiger partial charge in [0.25, 0.3) is 0 Å². The summed E-state index contributed by atoms with van der Waals surface area (Å²) >= 11 is 0. The molecule has 118 valence electrons. The van der Waals surface area contributed by atoms with Crippen molar-refractivity contribution in [3.05, 3.63) is 11.6 Å². The molecular weight excluding hydrogens is 288 g/mol. The van der Waals surface area contributed by atoms with E-state index in [1.165, 1.54) is 0 Å². The van der Waals surface area contributed by atoms with E-state index in [0.29, 0.717) is 0 Å². The molecule has 0 aromatic carbocycles. The summed E-state index contributed by atoms with van der Waals surface area (Å²) in [4.78, 5) is 43.9. The van der Waals surface area contributed by atoms with Crippen LogP contribution in [0.4, 0.5) is 0 Å². The van der Waals surface area contributed by atoms with Crippen molar-refractivity contribution in [2.75, 3.05) is 0 Å². The summed E-state index contributed by atoms with van der Waals surface area (Å²) in [6, 6.07) is 0. The van der Waals surface area contributed by atoms with Gasteiger partial charge in [0.15, 0.2) is 0 Å². The number of esters is 4. The first kappa shape index (κ1) is 14.9. The van der Waals surface area contributed by atoms with Gasteiger partial charge in [0.05, 0.1) is 23.7 Å². The average molecular weight is 306 g/mol. The first-order valence-corrected chi connectivity index (χ1v) is 7.65. The molecular formula is C16H18O6. The molecule has 2 aliphatic heterocycles. The number of hydrogen-bond donors (Lipinski definition) is 0. The lowest BCUT2D eigenvalue weighted by molar-refractivity contribution is -0.168. The number of ether oxygens (including phenoxy) is 2. The molecule has 4 aliphatic rings. The summed E-state index contributed by atoms with van der Waals surface area (Å²) in [5, 5.41) is 0. The lowest BCUT2D eigenvalue weighted by atomic mass is 9.81. The molecule has 4 unspecified atom stereocenters. The lowest BCUT2D eigenvalue weighted by Crippen LogP contribution is -2.28. The monoisotopic (exact) mass is 306 g/mol. The van der Waals surface area contributed by atoms with Gasteiger partial charge in [-0.1, -0.05) is 11.6 Å². The van der Waals surface area contributed by atoms with Crippen molar-refractivity contribution in [3.8, 4) is 0 Å². The third-order valence-corrected chi connectivity index (χ3v) is 4.90. The van der Waals surface area contributed by atoms with Gasteiger partial charge in [0.2, 0.25) is 0 Å². The van der Waals surface area contributed by atoms with Gasteiger partial charge in [0, 0.05) is 0 Å². The van der Waals surface area contributed by atoms with E-state index in [1.54, 1.807) is 0 Å². The van der Waals surface area contributed by atoms with Crippen molar-refractivity contribution in [1.82, 2.24) is 0 Å². The Bertz CT molecular complexity index is 555. The number of carbonyl (C=O) groups excluding carboxylic acids is 4. The fraction of sp³-hybridized carbons (Fsp3) is 0.625. The first-order chi connectivity index (χ1) is 10.5. The highest BCUT2D eigenvalue weighted by Gasteiger charge is 2.45. The number of allylic oxidation sites excluding steroid dienone is 1. The zero-order valence-corrected chi connectivity index (χ0v) is 12.4. The van der Waals surface area contributed by atoms with E-state index in [-0.39, 0.29) is 47.5 Å². The Morgan fingerprint density at radius 2 is 1.45 bits per heavy atom. The molecule has 22 heavy (non-hydrogen) atoms. The van der Waals surface area contributed by atoms with Crippen LogP contribution in [0.2, 0.25) is 0 Å². The third kappa shape index (κ3) is 2.58. The van der Waals surface area contributed by atoms with Gasteiger partial charge in [-0.05, 0) is 39.0 Å². The Labute approximate surface area is 127 Å². The van der Waals surface area contributed by atoms with Gasteiger partial charge in [0.1, 0.15) is 0 Å². The van der Waals surface area contributed by atoms with Crippen molar-refractivity contribution in [2.45, 2.75) is 39.0 Å². The summed E-state index contributed by atoms with van der Waals surface area (Å²) in [6.45, 7) is 1.89. The molecule has 1 saturated carbocycles. The molecule has 2 aliphatic carbocycles. The van der Waals surface area contributed by atoms with E-state index in [1.807, 2.05) is 13.0 Å². The Morgan fingerprint density at radius 3 is 2.05 bits per heavy atom. The minimum absolute atomic E-state index is 0.0303. The van der Waals surface area contributed by atoms with Crippen LogP contribution in [-0.4, -0.2) is 23.9 Å². The van der Waals surface area contributed by atoms with Gasteiger partial charge >= 0.3 is 23.9 Å². The van der Waals surface area contributed by atoms with Gasteiger partial charge < -0.3 is 9.47 Å². The Kier molecular flexibility index (Phi) is 3.85. The van der Waals surface area contributed by atoms with E-state index < -0.39 is 0 Å². The fourth-order valence-electron chi connectivity index (χ4n) is 3.62. The van der Waals surface area contributed by atoms with E-state index in [2.05, 4.69) is 9.47 Å². The normalized spacial score (nSPS) is 36.0. The highest BCUT2D eigenvalue weighted by atomic mass is 16.6. The first-order valence-electron chi connectivity index (χ1n) is 7.65. The molecule has 4 rings (SSSR count). The highest BCUT2D eigenvalue weighted by Crippen LogP contribution is 2.37. The van der Waals surface area contributed by atoms with Crippen LogP contribution in [0.15, 0.2) is 11.6 Å². The average Bonchev–Trinajstić information content (AvgIpc) is 3.03. The molecule has 0 spiro atoms. The summed E-state index contributed by atoms with van der Waals surface area (Å²) in [7, 11) is 0. The Hall–Kier alpha value is -1.98. The molecule has 2 heterocycles. The topological polar surface area (TPSA) is 86.7 Å². The number of cyclic esters (lactones) is 4. The SMILES string of the molecule is CC1=CCCC2C(=O)OC(=O)C12.O=C1OC(=O)C2CCC1C2. The van der Waals surface area contributed by atoms with Crippen LogP contribution >= 0.6 is 0 Å². The van der Waals surface area contributed by atoms with Gasteiger partial charge in [-0.3, -0.25) is 19.2 Å². The smallest absolute Gasteiger partial charge is 0.321 e. The van der Waals surface area contributed by atoms with E-state index in [4.69, 9.17) is 0 Å². The van der Waals surface area contributed by atoms with Gasteiger partial charge in [-0.15, -0.1) is 0 Å². The predicted octanol–water partition coefficient (Wildman–Crippen LogP) is 1.53. The Morgan fingerprint density at radius 1 is 0.864 bits per heavy atom. The summed E-state index contributed by atoms with van der Waals surface area (Å²) in [5.74, 6) is -1.72. The molecule has 3 fully saturated rings. The van der Waals surface area contributed by atoms with E-state index >= 15 is 0 Å². The number of rotatable bonds is 0. The maximum atomic E-state index is 11.1. The Balaban J connectivity index is 0.000000133.